The van der Waals surface area contributed by atoms with Crippen LogP contribution in [0.15, 0.2) is 0 Å². The van der Waals surface area contributed by atoms with Crippen molar-refractivity contribution in [3.63, 3.8) is 0 Å². The Bertz CT molecular complexity index is 320. The van der Waals surface area contributed by atoms with E-state index in [0.29, 0.717) is 24.8 Å². The van der Waals surface area contributed by atoms with Crippen molar-refractivity contribution >= 4 is 11.8 Å². The third-order valence-electron chi connectivity index (χ3n) is 2.64. The van der Waals surface area contributed by atoms with Crippen molar-refractivity contribution < 1.29 is 14.4 Å². The second kappa shape index (κ2) is 8.25. The highest BCUT2D eigenvalue weighted by atomic mass is 16.7. The van der Waals surface area contributed by atoms with E-state index in [1.54, 1.807) is 20.8 Å². The molecule has 0 radical (unpaired) electrons. The summed E-state index contributed by atoms with van der Waals surface area (Å²) >= 11 is 0. The van der Waals surface area contributed by atoms with Crippen LogP contribution in [0.25, 0.3) is 0 Å². The summed E-state index contributed by atoms with van der Waals surface area (Å²) in [6.07, 6.45) is -0.0889. The minimum absolute atomic E-state index is 0.179. The van der Waals surface area contributed by atoms with E-state index < -0.39 is 11.5 Å². The van der Waals surface area contributed by atoms with Crippen LogP contribution in [0.3, 0.4) is 0 Å². The Morgan fingerprint density at radius 1 is 1.05 bits per heavy atom. The van der Waals surface area contributed by atoms with Crippen molar-refractivity contribution in [1.29, 1.82) is 0 Å². The van der Waals surface area contributed by atoms with Crippen molar-refractivity contribution in [2.45, 2.75) is 61.0 Å². The minimum atomic E-state index is -0.653. The van der Waals surface area contributed by atoms with E-state index in [0.717, 1.165) is 0 Å². The average Bonchev–Trinajstić information content (AvgIpc) is 2.29. The summed E-state index contributed by atoms with van der Waals surface area (Å²) in [7, 11) is 0. The molecule has 2 amide bonds. The van der Waals surface area contributed by atoms with Crippen LogP contribution >= 0.6 is 0 Å². The molecule has 0 fully saturated rings. The van der Waals surface area contributed by atoms with E-state index in [1.165, 1.54) is 0 Å². The van der Waals surface area contributed by atoms with Crippen LogP contribution in [0.4, 0.5) is 0 Å². The number of hydroxylamine groups is 1. The van der Waals surface area contributed by atoms with Crippen LogP contribution in [0.5, 0.6) is 0 Å². The SMILES string of the molecule is CC(C)CNC(=O)[C@@H](CC(C)C)ONC(=O)C(C)(C)C. The molecular formula is C15H30N2O3. The highest BCUT2D eigenvalue weighted by Gasteiger charge is 2.26. The van der Waals surface area contributed by atoms with E-state index in [9.17, 15) is 9.59 Å². The lowest BCUT2D eigenvalue weighted by atomic mass is 9.96. The maximum Gasteiger partial charge on any atom is 0.251 e. The van der Waals surface area contributed by atoms with E-state index in [4.69, 9.17) is 4.84 Å². The topological polar surface area (TPSA) is 67.4 Å². The highest BCUT2D eigenvalue weighted by Crippen LogP contribution is 2.14. The van der Waals surface area contributed by atoms with Crippen LogP contribution in [0.2, 0.25) is 0 Å². The normalized spacial score (nSPS) is 13.4. The molecule has 0 bridgehead atoms. The van der Waals surface area contributed by atoms with Crippen molar-refractivity contribution in [3.8, 4) is 0 Å². The zero-order chi connectivity index (χ0) is 15.9. The van der Waals surface area contributed by atoms with Gasteiger partial charge in [0.2, 0.25) is 5.91 Å². The van der Waals surface area contributed by atoms with Crippen molar-refractivity contribution in [2.24, 2.45) is 17.3 Å². The maximum atomic E-state index is 12.1. The van der Waals surface area contributed by atoms with Gasteiger partial charge in [-0.15, -0.1) is 0 Å². The highest BCUT2D eigenvalue weighted by molar-refractivity contribution is 5.82. The van der Waals surface area contributed by atoms with Crippen LogP contribution in [-0.2, 0) is 14.4 Å². The first-order chi connectivity index (χ1) is 9.04. The van der Waals surface area contributed by atoms with Gasteiger partial charge in [0.25, 0.3) is 5.91 Å². The number of carbonyl (C=O) groups is 2. The molecule has 1 atom stereocenters. The molecule has 0 aromatic heterocycles. The predicted octanol–water partition coefficient (Wildman–Crippen LogP) is 2.27. The number of amides is 2. The van der Waals surface area contributed by atoms with Gasteiger partial charge in [-0.2, -0.15) is 0 Å². The van der Waals surface area contributed by atoms with Gasteiger partial charge in [-0.1, -0.05) is 48.5 Å². The lowest BCUT2D eigenvalue weighted by Gasteiger charge is -2.23. The Morgan fingerprint density at radius 3 is 2.00 bits per heavy atom. The quantitative estimate of drug-likeness (QED) is 0.705. The van der Waals surface area contributed by atoms with Gasteiger partial charge in [-0.3, -0.25) is 14.4 Å². The molecule has 2 N–H and O–H groups in total. The zero-order valence-electron chi connectivity index (χ0n) is 13.9. The third-order valence-corrected chi connectivity index (χ3v) is 2.64. The minimum Gasteiger partial charge on any atom is -0.354 e. The van der Waals surface area contributed by atoms with Crippen LogP contribution in [-0.4, -0.2) is 24.5 Å². The first kappa shape index (κ1) is 18.9. The Morgan fingerprint density at radius 2 is 1.60 bits per heavy atom. The second-order valence-corrected chi connectivity index (χ2v) is 7.06. The molecule has 0 aliphatic rings. The summed E-state index contributed by atoms with van der Waals surface area (Å²) in [5.41, 5.74) is 1.85. The summed E-state index contributed by atoms with van der Waals surface area (Å²) in [6.45, 7) is 14.1. The van der Waals surface area contributed by atoms with Crippen molar-refractivity contribution in [1.82, 2.24) is 10.8 Å². The molecule has 118 valence electrons. The molecule has 5 heteroatoms. The van der Waals surface area contributed by atoms with E-state index >= 15 is 0 Å². The molecule has 0 rings (SSSR count). The van der Waals surface area contributed by atoms with Gasteiger partial charge < -0.3 is 5.32 Å². The molecule has 0 aromatic carbocycles. The number of hydrogen-bond donors (Lipinski definition) is 2. The van der Waals surface area contributed by atoms with Crippen LogP contribution in [0, 0.1) is 17.3 Å². The summed E-state index contributed by atoms with van der Waals surface area (Å²) in [5, 5.41) is 2.83. The molecule has 20 heavy (non-hydrogen) atoms. The third kappa shape index (κ3) is 8.15. The largest absolute Gasteiger partial charge is 0.354 e. The monoisotopic (exact) mass is 286 g/mol. The molecule has 0 spiro atoms. The summed E-state index contributed by atoms with van der Waals surface area (Å²) in [5.74, 6) is 0.267. The summed E-state index contributed by atoms with van der Waals surface area (Å²) < 4.78 is 0. The van der Waals surface area contributed by atoms with E-state index in [1.807, 2.05) is 27.7 Å². The fourth-order valence-corrected chi connectivity index (χ4v) is 1.33. The molecule has 0 heterocycles. The Labute approximate surface area is 122 Å². The Balaban J connectivity index is 4.49. The Kier molecular flexibility index (Phi) is 7.79. The molecule has 0 aromatic rings. The van der Waals surface area contributed by atoms with Gasteiger partial charge >= 0.3 is 0 Å². The lowest BCUT2D eigenvalue weighted by Crippen LogP contribution is -2.45. The number of rotatable bonds is 7. The van der Waals surface area contributed by atoms with Gasteiger partial charge in [0.05, 0.1) is 0 Å². The lowest BCUT2D eigenvalue weighted by molar-refractivity contribution is -0.154. The molecular weight excluding hydrogens is 256 g/mol. The number of nitrogens with one attached hydrogen (secondary N) is 2. The predicted molar refractivity (Wildman–Crippen MR) is 79.8 cm³/mol. The fourth-order valence-electron chi connectivity index (χ4n) is 1.33. The average molecular weight is 286 g/mol. The Hall–Kier alpha value is -1.10. The summed E-state index contributed by atoms with van der Waals surface area (Å²) in [6, 6.07) is 0. The fraction of sp³-hybridized carbons (Fsp3) is 0.867. The smallest absolute Gasteiger partial charge is 0.251 e. The van der Waals surface area contributed by atoms with Gasteiger partial charge in [0, 0.05) is 12.0 Å². The van der Waals surface area contributed by atoms with Gasteiger partial charge in [-0.25, -0.2) is 5.48 Å². The molecule has 0 saturated carbocycles. The standard InChI is InChI=1S/C15H30N2O3/c1-10(2)8-12(13(18)16-9-11(3)4)20-17-14(19)15(5,6)7/h10-12H,8-9H2,1-7H3,(H,16,18)(H,17,19)/t12-/m1/s1. The van der Waals surface area contributed by atoms with Gasteiger partial charge in [0.1, 0.15) is 0 Å². The second-order valence-electron chi connectivity index (χ2n) is 7.06. The van der Waals surface area contributed by atoms with Crippen molar-refractivity contribution in [3.05, 3.63) is 0 Å². The van der Waals surface area contributed by atoms with Crippen LogP contribution in [0.1, 0.15) is 54.9 Å². The van der Waals surface area contributed by atoms with Gasteiger partial charge in [-0.05, 0) is 18.3 Å². The van der Waals surface area contributed by atoms with Crippen LogP contribution < -0.4 is 10.8 Å². The summed E-state index contributed by atoms with van der Waals surface area (Å²) in [4.78, 5) is 29.2. The maximum absolute atomic E-state index is 12.1. The molecule has 0 unspecified atom stereocenters. The first-order valence-electron chi connectivity index (χ1n) is 7.27. The van der Waals surface area contributed by atoms with E-state index in [-0.39, 0.29) is 11.8 Å². The zero-order valence-corrected chi connectivity index (χ0v) is 13.9. The number of hydrogen-bond acceptors (Lipinski definition) is 3. The first-order valence-corrected chi connectivity index (χ1v) is 7.27. The van der Waals surface area contributed by atoms with Crippen molar-refractivity contribution in [2.75, 3.05) is 6.54 Å². The molecule has 5 nitrogen and oxygen atoms in total. The molecule has 0 aliphatic carbocycles. The number of carbonyl (C=O) groups excluding carboxylic acids is 2. The van der Waals surface area contributed by atoms with E-state index in [2.05, 4.69) is 10.8 Å². The van der Waals surface area contributed by atoms with Gasteiger partial charge in [0.15, 0.2) is 6.10 Å². The molecule has 0 aliphatic heterocycles. The molecule has 0 saturated heterocycles.